The van der Waals surface area contributed by atoms with Gasteiger partial charge in [-0.3, -0.25) is 4.79 Å². The topological polar surface area (TPSA) is 87.4 Å². The highest BCUT2D eigenvalue weighted by atomic mass is 32.2. The molecule has 0 unspecified atom stereocenters. The minimum absolute atomic E-state index is 0.130. The molecule has 1 aromatic carbocycles. The van der Waals surface area contributed by atoms with Gasteiger partial charge >= 0.3 is 0 Å². The van der Waals surface area contributed by atoms with Crippen molar-refractivity contribution in [1.29, 1.82) is 5.26 Å². The molecular weight excluding hydrogens is 317 g/mol. The summed E-state index contributed by atoms with van der Waals surface area (Å²) in [7, 11) is 0. The zero-order chi connectivity index (χ0) is 16.4. The van der Waals surface area contributed by atoms with Gasteiger partial charge in [0, 0.05) is 18.0 Å². The summed E-state index contributed by atoms with van der Waals surface area (Å²) >= 11 is 1.23. The van der Waals surface area contributed by atoms with E-state index in [-0.39, 0.29) is 11.3 Å². The number of H-pyrrole nitrogens is 1. The maximum absolute atomic E-state index is 13.8. The number of nitriles is 1. The summed E-state index contributed by atoms with van der Waals surface area (Å²) in [5, 5.41) is 13.7. The average molecular weight is 327 g/mol. The van der Waals surface area contributed by atoms with E-state index in [0.29, 0.717) is 16.4 Å². The van der Waals surface area contributed by atoms with Crippen molar-refractivity contribution in [3.8, 4) is 23.0 Å². The Kier molecular flexibility index (Phi) is 3.95. The Morgan fingerprint density at radius 3 is 2.91 bits per heavy atom. The van der Waals surface area contributed by atoms with Crippen LogP contribution in [0, 0.1) is 17.1 Å². The number of halogens is 1. The third kappa shape index (κ3) is 2.74. The van der Waals surface area contributed by atoms with Crippen molar-refractivity contribution in [2.24, 2.45) is 0 Å². The Balaban J connectivity index is 2.36. The Hall–Kier alpha value is -2.92. The fraction of sp³-hybridized carbons (Fsp3) is 0.0667. The smallest absolute Gasteiger partial charge is 0.270 e. The van der Waals surface area contributed by atoms with Crippen LogP contribution in [0.4, 0.5) is 4.39 Å². The molecule has 0 bridgehead atoms. The molecule has 0 fully saturated rings. The lowest BCUT2D eigenvalue weighted by Gasteiger charge is -2.11. The first-order valence-corrected chi connectivity index (χ1v) is 7.75. The monoisotopic (exact) mass is 327 g/mol. The lowest BCUT2D eigenvalue weighted by Crippen LogP contribution is -2.15. The van der Waals surface area contributed by atoms with Crippen LogP contribution in [-0.2, 0) is 0 Å². The number of benzene rings is 1. The molecule has 0 atom stereocenters. The van der Waals surface area contributed by atoms with Crippen LogP contribution in [0.1, 0.15) is 5.56 Å². The lowest BCUT2D eigenvalue weighted by molar-refractivity contribution is 0.627. The first-order valence-electron chi connectivity index (χ1n) is 6.52. The number of hydrogen-bond donors (Lipinski definition) is 1. The van der Waals surface area contributed by atoms with E-state index in [4.69, 9.17) is 0 Å². The van der Waals surface area contributed by atoms with Gasteiger partial charge < -0.3 is 4.98 Å². The summed E-state index contributed by atoms with van der Waals surface area (Å²) in [4.78, 5) is 18.9. The zero-order valence-corrected chi connectivity index (χ0v) is 12.8. The second-order valence-corrected chi connectivity index (χ2v) is 5.32. The molecule has 0 aliphatic carbocycles. The number of nitrogens with one attached hydrogen (secondary N) is 1. The Morgan fingerprint density at radius 1 is 1.43 bits per heavy atom. The Morgan fingerprint density at radius 2 is 2.26 bits per heavy atom. The second kappa shape index (κ2) is 6.06. The van der Waals surface area contributed by atoms with Gasteiger partial charge in [0.25, 0.3) is 5.56 Å². The molecule has 3 rings (SSSR count). The van der Waals surface area contributed by atoms with Crippen LogP contribution >= 0.6 is 11.8 Å². The molecular formula is C15H10FN5OS. The van der Waals surface area contributed by atoms with Crippen LogP contribution in [0.5, 0.6) is 0 Å². The average Bonchev–Trinajstić information content (AvgIpc) is 3.08. The fourth-order valence-corrected chi connectivity index (χ4v) is 2.53. The predicted molar refractivity (Wildman–Crippen MR) is 83.9 cm³/mol. The van der Waals surface area contributed by atoms with Crippen LogP contribution in [0.25, 0.3) is 16.9 Å². The van der Waals surface area contributed by atoms with E-state index < -0.39 is 11.4 Å². The summed E-state index contributed by atoms with van der Waals surface area (Å²) in [5.41, 5.74) is 0.259. The Labute approximate surface area is 134 Å². The van der Waals surface area contributed by atoms with Crippen molar-refractivity contribution in [2.75, 3.05) is 6.26 Å². The van der Waals surface area contributed by atoms with E-state index in [1.807, 2.05) is 6.07 Å². The summed E-state index contributed by atoms with van der Waals surface area (Å²) in [6.45, 7) is 0. The summed E-state index contributed by atoms with van der Waals surface area (Å²) in [6, 6.07) is 7.61. The molecule has 0 saturated carbocycles. The van der Waals surface area contributed by atoms with Gasteiger partial charge in [0.2, 0.25) is 0 Å². The largest absolute Gasteiger partial charge is 0.300 e. The van der Waals surface area contributed by atoms with Crippen molar-refractivity contribution in [2.45, 2.75) is 5.16 Å². The lowest BCUT2D eigenvalue weighted by atomic mass is 10.1. The molecule has 23 heavy (non-hydrogen) atoms. The Bertz CT molecular complexity index is 959. The number of hydrogen-bond acceptors (Lipinski definition) is 5. The van der Waals surface area contributed by atoms with E-state index >= 15 is 0 Å². The third-order valence-electron chi connectivity index (χ3n) is 3.17. The normalized spacial score (nSPS) is 10.5. The van der Waals surface area contributed by atoms with Crippen molar-refractivity contribution >= 4 is 11.8 Å². The zero-order valence-electron chi connectivity index (χ0n) is 11.9. The van der Waals surface area contributed by atoms with Gasteiger partial charge in [-0.1, -0.05) is 11.8 Å². The first-order chi connectivity index (χ1) is 11.1. The molecule has 0 saturated heterocycles. The van der Waals surface area contributed by atoms with Crippen LogP contribution in [-0.4, -0.2) is 26.0 Å². The molecule has 8 heteroatoms. The van der Waals surface area contributed by atoms with Crippen LogP contribution in [0.2, 0.25) is 0 Å². The number of aromatic amines is 1. The van der Waals surface area contributed by atoms with Gasteiger partial charge in [-0.25, -0.2) is 14.1 Å². The van der Waals surface area contributed by atoms with E-state index in [1.165, 1.54) is 34.6 Å². The van der Waals surface area contributed by atoms with E-state index in [1.54, 1.807) is 24.7 Å². The maximum atomic E-state index is 13.8. The highest BCUT2D eigenvalue weighted by Gasteiger charge is 2.18. The van der Waals surface area contributed by atoms with E-state index in [9.17, 15) is 14.4 Å². The summed E-state index contributed by atoms with van der Waals surface area (Å²) in [5.74, 6) is -0.493. The molecule has 1 N–H and O–H groups in total. The van der Waals surface area contributed by atoms with Crippen LogP contribution in [0.3, 0.4) is 0 Å². The number of nitrogens with zero attached hydrogens (tertiary/aromatic N) is 4. The minimum atomic E-state index is -0.558. The molecule has 0 amide bonds. The van der Waals surface area contributed by atoms with Gasteiger partial charge in [0.05, 0.1) is 11.4 Å². The van der Waals surface area contributed by atoms with Crippen molar-refractivity contribution in [3.63, 3.8) is 0 Å². The van der Waals surface area contributed by atoms with E-state index in [0.717, 1.165) is 0 Å². The quantitative estimate of drug-likeness (QED) is 0.589. The molecule has 0 aliphatic rings. The highest BCUT2D eigenvalue weighted by Crippen LogP contribution is 2.28. The molecule has 114 valence electrons. The highest BCUT2D eigenvalue weighted by molar-refractivity contribution is 7.98. The predicted octanol–water partition coefficient (Wildman–Crippen LogP) is 2.36. The molecule has 3 aromatic rings. The fourth-order valence-electron chi connectivity index (χ4n) is 2.16. The van der Waals surface area contributed by atoms with E-state index in [2.05, 4.69) is 15.1 Å². The van der Waals surface area contributed by atoms with Crippen molar-refractivity contribution < 1.29 is 4.39 Å². The molecule has 6 nitrogen and oxygen atoms in total. The third-order valence-corrected chi connectivity index (χ3v) is 3.75. The maximum Gasteiger partial charge on any atom is 0.270 e. The molecule has 0 spiro atoms. The molecule has 2 heterocycles. The first kappa shape index (κ1) is 15.0. The molecule has 0 radical (unpaired) electrons. The second-order valence-electron chi connectivity index (χ2n) is 4.52. The van der Waals surface area contributed by atoms with Gasteiger partial charge in [-0.2, -0.15) is 10.4 Å². The minimum Gasteiger partial charge on any atom is -0.300 e. The van der Waals surface area contributed by atoms with Gasteiger partial charge in [-0.15, -0.1) is 0 Å². The van der Waals surface area contributed by atoms with Crippen LogP contribution < -0.4 is 5.56 Å². The summed E-state index contributed by atoms with van der Waals surface area (Å²) in [6.07, 6.45) is 5.01. The SMILES string of the molecule is CSc1nc(-c2cc(F)ccc2-n2cccn2)c(C#N)c(=O)[nH]1. The van der Waals surface area contributed by atoms with Crippen molar-refractivity contribution in [1.82, 2.24) is 19.7 Å². The summed E-state index contributed by atoms with van der Waals surface area (Å²) < 4.78 is 15.3. The molecule has 0 aliphatic heterocycles. The van der Waals surface area contributed by atoms with Crippen molar-refractivity contribution in [3.05, 3.63) is 58.4 Å². The number of rotatable bonds is 3. The van der Waals surface area contributed by atoms with Gasteiger partial charge in [0.1, 0.15) is 17.4 Å². The van der Waals surface area contributed by atoms with Crippen LogP contribution in [0.15, 0.2) is 46.6 Å². The number of aromatic nitrogens is 4. The standard InChI is InChI=1S/C15H10FN5OS/c1-23-15-19-13(11(8-17)14(22)20-15)10-7-9(16)3-4-12(10)21-6-2-5-18-21/h2-7H,1H3,(H,19,20,22). The molecule has 2 aromatic heterocycles. The van der Waals surface area contributed by atoms with Gasteiger partial charge in [-0.05, 0) is 30.5 Å². The van der Waals surface area contributed by atoms with Gasteiger partial charge in [0.15, 0.2) is 5.16 Å². The number of thioether (sulfide) groups is 1.